The van der Waals surface area contributed by atoms with E-state index in [1.54, 1.807) is 7.05 Å². The van der Waals surface area contributed by atoms with E-state index in [0.29, 0.717) is 17.9 Å². The quantitative estimate of drug-likeness (QED) is 0.575. The second kappa shape index (κ2) is 6.93. The van der Waals surface area contributed by atoms with Crippen LogP contribution in [-0.2, 0) is 4.79 Å². The number of aliphatic imine (C=N–C) groups is 1. The highest BCUT2D eigenvalue weighted by Crippen LogP contribution is 2.28. The summed E-state index contributed by atoms with van der Waals surface area (Å²) >= 11 is 3.40. The van der Waals surface area contributed by atoms with Gasteiger partial charge in [0.2, 0.25) is 5.91 Å². The first kappa shape index (κ1) is 15.8. The first-order valence-corrected chi connectivity index (χ1v) is 7.82. The standard InChI is InChI=1S/C15H21BrN4O/c1-9-4-5-11(16)7-13(9)19-14(21)8-18-15(17-3)20-12-6-10(12)2/h4-5,7,10,12H,6,8H2,1-3H3,(H,19,21)(H2,17,18,20). The minimum Gasteiger partial charge on any atom is -0.353 e. The number of nitrogens with one attached hydrogen (secondary N) is 3. The van der Waals surface area contributed by atoms with Gasteiger partial charge in [0, 0.05) is 23.2 Å². The van der Waals surface area contributed by atoms with E-state index < -0.39 is 0 Å². The molecule has 0 aromatic heterocycles. The second-order valence-corrected chi connectivity index (χ2v) is 6.31. The molecule has 2 rings (SSSR count). The lowest BCUT2D eigenvalue weighted by atomic mass is 10.2. The number of halogens is 1. The fraction of sp³-hybridized carbons (Fsp3) is 0.467. The number of aryl methyl sites for hydroxylation is 1. The number of amides is 1. The number of benzene rings is 1. The Morgan fingerprint density at radius 3 is 2.81 bits per heavy atom. The predicted octanol–water partition coefficient (Wildman–Crippen LogP) is 2.27. The molecule has 5 nitrogen and oxygen atoms in total. The molecule has 1 saturated carbocycles. The van der Waals surface area contributed by atoms with Crippen molar-refractivity contribution in [2.45, 2.75) is 26.3 Å². The van der Waals surface area contributed by atoms with Crippen molar-refractivity contribution in [1.82, 2.24) is 10.6 Å². The lowest BCUT2D eigenvalue weighted by molar-refractivity contribution is -0.115. The van der Waals surface area contributed by atoms with E-state index in [0.717, 1.165) is 22.1 Å². The van der Waals surface area contributed by atoms with Gasteiger partial charge in [0.05, 0.1) is 6.54 Å². The average molecular weight is 353 g/mol. The summed E-state index contributed by atoms with van der Waals surface area (Å²) in [6.45, 7) is 4.34. The Bertz CT molecular complexity index is 559. The molecule has 0 heterocycles. The van der Waals surface area contributed by atoms with Gasteiger partial charge in [0.25, 0.3) is 0 Å². The SMILES string of the molecule is CN=C(NCC(=O)Nc1cc(Br)ccc1C)NC1CC1C. The van der Waals surface area contributed by atoms with Crippen LogP contribution in [0.25, 0.3) is 0 Å². The van der Waals surface area contributed by atoms with E-state index >= 15 is 0 Å². The average Bonchev–Trinajstić information content (AvgIpc) is 3.14. The maximum Gasteiger partial charge on any atom is 0.243 e. The highest BCUT2D eigenvalue weighted by molar-refractivity contribution is 9.10. The summed E-state index contributed by atoms with van der Waals surface area (Å²) in [5.41, 5.74) is 1.84. The van der Waals surface area contributed by atoms with E-state index in [4.69, 9.17) is 0 Å². The number of hydrogen-bond donors (Lipinski definition) is 3. The highest BCUT2D eigenvalue weighted by atomic mass is 79.9. The maximum atomic E-state index is 12.0. The fourth-order valence-corrected chi connectivity index (χ4v) is 2.34. The third kappa shape index (κ3) is 4.74. The number of carbonyl (C=O) groups excluding carboxylic acids is 1. The third-order valence-electron chi connectivity index (χ3n) is 3.55. The van der Waals surface area contributed by atoms with Gasteiger partial charge in [0.1, 0.15) is 0 Å². The number of hydrogen-bond acceptors (Lipinski definition) is 2. The molecule has 1 aromatic carbocycles. The van der Waals surface area contributed by atoms with Gasteiger partial charge in [-0.05, 0) is 37.0 Å². The summed E-state index contributed by atoms with van der Waals surface area (Å²) in [6.07, 6.45) is 1.16. The number of carbonyl (C=O) groups is 1. The van der Waals surface area contributed by atoms with Crippen molar-refractivity contribution < 1.29 is 4.79 Å². The Labute approximate surface area is 133 Å². The topological polar surface area (TPSA) is 65.5 Å². The number of guanidine groups is 1. The Morgan fingerprint density at radius 2 is 2.19 bits per heavy atom. The third-order valence-corrected chi connectivity index (χ3v) is 4.04. The van der Waals surface area contributed by atoms with Crippen LogP contribution in [0.3, 0.4) is 0 Å². The predicted molar refractivity (Wildman–Crippen MR) is 89.6 cm³/mol. The molecule has 2 atom stereocenters. The van der Waals surface area contributed by atoms with Gasteiger partial charge < -0.3 is 16.0 Å². The second-order valence-electron chi connectivity index (χ2n) is 5.40. The molecule has 1 amide bonds. The number of nitrogens with zero attached hydrogens (tertiary/aromatic N) is 1. The molecule has 6 heteroatoms. The molecule has 1 aromatic rings. The van der Waals surface area contributed by atoms with Gasteiger partial charge in [-0.25, -0.2) is 0 Å². The first-order valence-electron chi connectivity index (χ1n) is 7.02. The summed E-state index contributed by atoms with van der Waals surface area (Å²) < 4.78 is 0.941. The van der Waals surface area contributed by atoms with Crippen LogP contribution in [0, 0.1) is 12.8 Å². The lowest BCUT2D eigenvalue weighted by Gasteiger charge is -2.12. The molecule has 0 radical (unpaired) electrons. The van der Waals surface area contributed by atoms with E-state index in [1.807, 2.05) is 25.1 Å². The molecule has 1 aliphatic carbocycles. The maximum absolute atomic E-state index is 12.0. The van der Waals surface area contributed by atoms with Gasteiger partial charge in [-0.15, -0.1) is 0 Å². The Morgan fingerprint density at radius 1 is 1.48 bits per heavy atom. The molecule has 21 heavy (non-hydrogen) atoms. The molecule has 0 aliphatic heterocycles. The zero-order valence-electron chi connectivity index (χ0n) is 12.5. The van der Waals surface area contributed by atoms with Crippen molar-refractivity contribution in [3.05, 3.63) is 28.2 Å². The zero-order valence-corrected chi connectivity index (χ0v) is 14.1. The molecule has 1 aliphatic rings. The molecule has 3 N–H and O–H groups in total. The monoisotopic (exact) mass is 352 g/mol. The van der Waals surface area contributed by atoms with Crippen molar-refractivity contribution in [2.75, 3.05) is 18.9 Å². The van der Waals surface area contributed by atoms with Crippen molar-refractivity contribution >= 4 is 33.5 Å². The van der Waals surface area contributed by atoms with E-state index in [9.17, 15) is 4.79 Å². The van der Waals surface area contributed by atoms with Gasteiger partial charge in [-0.3, -0.25) is 9.79 Å². The van der Waals surface area contributed by atoms with E-state index in [-0.39, 0.29) is 12.5 Å². The Hall–Kier alpha value is -1.56. The number of rotatable bonds is 4. The van der Waals surface area contributed by atoms with Crippen LogP contribution in [0.2, 0.25) is 0 Å². The number of anilines is 1. The minimum absolute atomic E-state index is 0.0944. The van der Waals surface area contributed by atoms with Crippen LogP contribution in [0.15, 0.2) is 27.7 Å². The van der Waals surface area contributed by atoms with Crippen LogP contribution < -0.4 is 16.0 Å². The van der Waals surface area contributed by atoms with Crippen molar-refractivity contribution in [3.8, 4) is 0 Å². The molecule has 0 bridgehead atoms. The smallest absolute Gasteiger partial charge is 0.243 e. The Kier molecular flexibility index (Phi) is 5.22. The van der Waals surface area contributed by atoms with Crippen LogP contribution >= 0.6 is 15.9 Å². The summed E-state index contributed by atoms with van der Waals surface area (Å²) in [4.78, 5) is 16.1. The summed E-state index contributed by atoms with van der Waals surface area (Å²) in [7, 11) is 1.71. The van der Waals surface area contributed by atoms with Crippen LogP contribution in [0.5, 0.6) is 0 Å². The van der Waals surface area contributed by atoms with E-state index in [1.165, 1.54) is 0 Å². The molecule has 0 saturated heterocycles. The van der Waals surface area contributed by atoms with E-state index in [2.05, 4.69) is 43.8 Å². The molecule has 2 unspecified atom stereocenters. The van der Waals surface area contributed by atoms with Gasteiger partial charge in [0.15, 0.2) is 5.96 Å². The van der Waals surface area contributed by atoms with Gasteiger partial charge in [-0.1, -0.05) is 28.9 Å². The van der Waals surface area contributed by atoms with Crippen LogP contribution in [0.1, 0.15) is 18.9 Å². The zero-order chi connectivity index (χ0) is 15.4. The summed E-state index contributed by atoms with van der Waals surface area (Å²) in [5.74, 6) is 1.26. The van der Waals surface area contributed by atoms with Crippen molar-refractivity contribution in [1.29, 1.82) is 0 Å². The largest absolute Gasteiger partial charge is 0.353 e. The van der Waals surface area contributed by atoms with Crippen molar-refractivity contribution in [3.63, 3.8) is 0 Å². The summed E-state index contributed by atoms with van der Waals surface area (Å²) in [6, 6.07) is 6.28. The van der Waals surface area contributed by atoms with Crippen molar-refractivity contribution in [2.24, 2.45) is 10.9 Å². The normalized spacial score (nSPS) is 20.9. The molecular weight excluding hydrogens is 332 g/mol. The van der Waals surface area contributed by atoms with Crippen LogP contribution in [-0.4, -0.2) is 31.5 Å². The first-order chi connectivity index (χ1) is 9.99. The Balaban J connectivity index is 1.82. The minimum atomic E-state index is -0.0944. The molecule has 0 spiro atoms. The fourth-order valence-electron chi connectivity index (χ4n) is 1.98. The summed E-state index contributed by atoms with van der Waals surface area (Å²) in [5, 5.41) is 9.21. The van der Waals surface area contributed by atoms with Gasteiger partial charge in [-0.2, -0.15) is 0 Å². The lowest BCUT2D eigenvalue weighted by Crippen LogP contribution is -2.42. The van der Waals surface area contributed by atoms with Crippen LogP contribution in [0.4, 0.5) is 5.69 Å². The molecular formula is C15H21BrN4O. The molecule has 114 valence electrons. The molecule has 1 fully saturated rings. The highest BCUT2D eigenvalue weighted by Gasteiger charge is 2.33. The van der Waals surface area contributed by atoms with Gasteiger partial charge >= 0.3 is 0 Å².